The molecule has 1 fully saturated rings. The third-order valence-corrected chi connectivity index (χ3v) is 7.47. The summed E-state index contributed by atoms with van der Waals surface area (Å²) in [7, 11) is 1.67. The second-order valence-corrected chi connectivity index (χ2v) is 9.70. The molecule has 2 N–H and O–H groups in total. The van der Waals surface area contributed by atoms with Gasteiger partial charge in [0.05, 0.1) is 18.1 Å². The van der Waals surface area contributed by atoms with Crippen molar-refractivity contribution in [2.24, 2.45) is 5.92 Å². The predicted octanol–water partition coefficient (Wildman–Crippen LogP) is 4.85. The van der Waals surface area contributed by atoms with E-state index in [1.165, 1.54) is 12.1 Å². The van der Waals surface area contributed by atoms with Gasteiger partial charge in [-0.2, -0.15) is 0 Å². The van der Waals surface area contributed by atoms with Gasteiger partial charge in [0.1, 0.15) is 5.82 Å². The summed E-state index contributed by atoms with van der Waals surface area (Å²) in [5.41, 5.74) is 4.48. The van der Waals surface area contributed by atoms with Gasteiger partial charge >= 0.3 is 6.03 Å². The summed E-state index contributed by atoms with van der Waals surface area (Å²) in [5.74, 6) is -1.17. The number of aliphatic hydroxyl groups is 1. The molecule has 36 heavy (non-hydrogen) atoms. The number of piperidine rings is 1. The second kappa shape index (κ2) is 9.74. The van der Waals surface area contributed by atoms with Crippen LogP contribution >= 0.6 is 0 Å². The molecule has 2 aliphatic rings. The molecule has 4 atom stereocenters. The Hall–Kier alpha value is -3.71. The zero-order chi connectivity index (χ0) is 25.4. The van der Waals surface area contributed by atoms with E-state index >= 15 is 0 Å². The van der Waals surface area contributed by atoms with Crippen molar-refractivity contribution in [1.29, 1.82) is 0 Å². The smallest absolute Gasteiger partial charge is 0.321 e. The quantitative estimate of drug-likeness (QED) is 0.553. The van der Waals surface area contributed by atoms with Gasteiger partial charge in [0, 0.05) is 25.3 Å². The number of hydrogen-bond acceptors (Lipinski definition) is 3. The van der Waals surface area contributed by atoms with E-state index < -0.39 is 18.1 Å². The van der Waals surface area contributed by atoms with E-state index in [0.717, 1.165) is 22.3 Å². The van der Waals surface area contributed by atoms with Crippen LogP contribution in [0.25, 0.3) is 11.1 Å². The van der Waals surface area contributed by atoms with Crippen molar-refractivity contribution in [1.82, 2.24) is 9.80 Å². The van der Waals surface area contributed by atoms with E-state index in [4.69, 9.17) is 0 Å². The molecule has 0 unspecified atom stereocenters. The third-order valence-electron chi connectivity index (χ3n) is 7.47. The summed E-state index contributed by atoms with van der Waals surface area (Å²) in [4.78, 5) is 30.2. The van der Waals surface area contributed by atoms with Crippen molar-refractivity contribution in [2.75, 3.05) is 18.9 Å². The number of halogens is 1. The number of nitrogens with zero attached hydrogens (tertiary/aromatic N) is 2. The number of urea groups is 1. The highest BCUT2D eigenvalue weighted by atomic mass is 19.1. The standard InChI is InChI=1S/C29H30FN3O3/c1-18(34)27-26(32(2)29(36)31-23-9-4-3-5-10-23)17-25-24-16-21(20-7-6-8-22(30)15-20)12-11-19(24)13-14-33(25)28(27)35/h3-12,15-16,18,25-27,34H,13-14,17H2,1-2H3,(H,31,36)/t18-,25-,26-,27-/m0/s1. The Morgan fingerprint density at radius 2 is 1.83 bits per heavy atom. The summed E-state index contributed by atoms with van der Waals surface area (Å²) in [5, 5.41) is 13.5. The summed E-state index contributed by atoms with van der Waals surface area (Å²) < 4.78 is 13.9. The molecule has 0 aromatic heterocycles. The highest BCUT2D eigenvalue weighted by Gasteiger charge is 2.48. The molecule has 2 heterocycles. The van der Waals surface area contributed by atoms with E-state index in [-0.39, 0.29) is 23.8 Å². The van der Waals surface area contributed by atoms with Crippen LogP contribution in [-0.2, 0) is 11.2 Å². The van der Waals surface area contributed by atoms with E-state index in [1.54, 1.807) is 37.1 Å². The number of fused-ring (bicyclic) bond motifs is 3. The average Bonchev–Trinajstić information content (AvgIpc) is 2.88. The monoisotopic (exact) mass is 487 g/mol. The van der Waals surface area contributed by atoms with Crippen molar-refractivity contribution >= 4 is 17.6 Å². The number of hydrogen-bond donors (Lipinski definition) is 2. The van der Waals surface area contributed by atoms with Crippen LogP contribution in [0.3, 0.4) is 0 Å². The Morgan fingerprint density at radius 3 is 2.56 bits per heavy atom. The largest absolute Gasteiger partial charge is 0.393 e. The lowest BCUT2D eigenvalue weighted by Crippen LogP contribution is -2.60. The minimum absolute atomic E-state index is 0.146. The van der Waals surface area contributed by atoms with Crippen molar-refractivity contribution in [3.05, 3.63) is 89.7 Å². The third kappa shape index (κ3) is 4.46. The fourth-order valence-electron chi connectivity index (χ4n) is 5.61. The second-order valence-electron chi connectivity index (χ2n) is 9.70. The van der Waals surface area contributed by atoms with Crippen LogP contribution in [0.4, 0.5) is 14.9 Å². The molecule has 1 saturated heterocycles. The maximum atomic E-state index is 13.9. The molecule has 0 bridgehead atoms. The molecular weight excluding hydrogens is 457 g/mol. The SMILES string of the molecule is C[C@H](O)[C@@H]1C(=O)N2CCc3ccc(-c4cccc(F)c4)cc3[C@@H]2C[C@@H]1N(C)C(=O)Nc1ccccc1. The lowest BCUT2D eigenvalue weighted by Gasteiger charge is -2.49. The molecule has 3 aromatic rings. The first-order valence-electron chi connectivity index (χ1n) is 12.3. The van der Waals surface area contributed by atoms with E-state index in [9.17, 15) is 19.1 Å². The van der Waals surface area contributed by atoms with Crippen molar-refractivity contribution in [2.45, 2.75) is 38.0 Å². The molecule has 0 radical (unpaired) electrons. The molecule has 3 aromatic carbocycles. The first-order valence-corrected chi connectivity index (χ1v) is 12.3. The molecule has 186 valence electrons. The van der Waals surface area contributed by atoms with E-state index in [2.05, 4.69) is 11.4 Å². The van der Waals surface area contributed by atoms with Crippen LogP contribution in [-0.4, -0.2) is 52.6 Å². The minimum Gasteiger partial charge on any atom is -0.393 e. The van der Waals surface area contributed by atoms with Gasteiger partial charge in [-0.05, 0) is 72.4 Å². The number of carbonyl (C=O) groups excluding carboxylic acids is 2. The zero-order valence-corrected chi connectivity index (χ0v) is 20.4. The maximum absolute atomic E-state index is 13.9. The number of rotatable bonds is 4. The molecule has 5 rings (SSSR count). The molecule has 6 nitrogen and oxygen atoms in total. The summed E-state index contributed by atoms with van der Waals surface area (Å²) >= 11 is 0. The van der Waals surface area contributed by atoms with E-state index in [1.807, 2.05) is 41.3 Å². The first-order chi connectivity index (χ1) is 17.3. The number of nitrogens with one attached hydrogen (secondary N) is 1. The molecule has 0 aliphatic carbocycles. The Morgan fingerprint density at radius 1 is 1.08 bits per heavy atom. The lowest BCUT2D eigenvalue weighted by atomic mass is 9.77. The van der Waals surface area contributed by atoms with Crippen LogP contribution in [0, 0.1) is 11.7 Å². The van der Waals surface area contributed by atoms with Gasteiger partial charge in [-0.15, -0.1) is 0 Å². The van der Waals surface area contributed by atoms with Gasteiger partial charge in [0.25, 0.3) is 0 Å². The van der Waals surface area contributed by atoms with Crippen molar-refractivity contribution in [3.8, 4) is 11.1 Å². The lowest BCUT2D eigenvalue weighted by molar-refractivity contribution is -0.151. The normalized spacial score (nSPS) is 21.8. The summed E-state index contributed by atoms with van der Waals surface area (Å²) in [6.45, 7) is 2.17. The van der Waals surface area contributed by atoms with Crippen molar-refractivity contribution in [3.63, 3.8) is 0 Å². The van der Waals surface area contributed by atoms with Crippen LogP contribution < -0.4 is 5.32 Å². The van der Waals surface area contributed by atoms with E-state index in [0.29, 0.717) is 25.1 Å². The Bertz CT molecular complexity index is 1280. The van der Waals surface area contributed by atoms with Gasteiger partial charge in [-0.3, -0.25) is 4.79 Å². The molecule has 0 spiro atoms. The van der Waals surface area contributed by atoms with Crippen LogP contribution in [0.5, 0.6) is 0 Å². The highest BCUT2D eigenvalue weighted by molar-refractivity contribution is 5.90. The van der Waals surface area contributed by atoms with Gasteiger partial charge in [-0.1, -0.05) is 42.5 Å². The summed E-state index contributed by atoms with van der Waals surface area (Å²) in [6.07, 6.45) is 0.303. The fourth-order valence-corrected chi connectivity index (χ4v) is 5.61. The Balaban J connectivity index is 1.48. The number of benzene rings is 3. The molecule has 7 heteroatoms. The molecule has 2 aliphatic heterocycles. The highest BCUT2D eigenvalue weighted by Crippen LogP contribution is 2.43. The number of anilines is 1. The number of para-hydroxylation sites is 1. The van der Waals surface area contributed by atoms with Gasteiger partial charge < -0.3 is 20.2 Å². The zero-order valence-electron chi connectivity index (χ0n) is 20.4. The van der Waals surface area contributed by atoms with Gasteiger partial charge in [-0.25, -0.2) is 9.18 Å². The average molecular weight is 488 g/mol. The Kier molecular flexibility index (Phi) is 6.49. The minimum atomic E-state index is -0.907. The first kappa shape index (κ1) is 24.0. The number of aliphatic hydroxyl groups excluding tert-OH is 1. The number of carbonyl (C=O) groups is 2. The predicted molar refractivity (Wildman–Crippen MR) is 137 cm³/mol. The Labute approximate surface area is 210 Å². The van der Waals surface area contributed by atoms with Crippen LogP contribution in [0.1, 0.15) is 30.5 Å². The van der Waals surface area contributed by atoms with Gasteiger partial charge in [0.2, 0.25) is 5.91 Å². The van der Waals surface area contributed by atoms with Crippen LogP contribution in [0.2, 0.25) is 0 Å². The molecule has 3 amide bonds. The fraction of sp³-hybridized carbons (Fsp3) is 0.310. The van der Waals surface area contributed by atoms with Crippen molar-refractivity contribution < 1.29 is 19.1 Å². The molecule has 0 saturated carbocycles. The maximum Gasteiger partial charge on any atom is 0.321 e. The van der Waals surface area contributed by atoms with Crippen LogP contribution in [0.15, 0.2) is 72.8 Å². The van der Waals surface area contributed by atoms with Gasteiger partial charge in [0.15, 0.2) is 0 Å². The summed E-state index contributed by atoms with van der Waals surface area (Å²) in [6, 6.07) is 20.6. The molecular formula is C29H30FN3O3. The number of amides is 3. The topological polar surface area (TPSA) is 72.9 Å².